The van der Waals surface area contributed by atoms with Crippen LogP contribution in [0.2, 0.25) is 5.02 Å². The zero-order valence-corrected chi connectivity index (χ0v) is 10.0. The minimum atomic E-state index is 0.0173. The zero-order valence-electron chi connectivity index (χ0n) is 9.29. The molecule has 4 heteroatoms. The van der Waals surface area contributed by atoms with E-state index in [-0.39, 0.29) is 5.75 Å². The lowest BCUT2D eigenvalue weighted by Gasteiger charge is -2.24. The van der Waals surface area contributed by atoms with Crippen LogP contribution in [-0.2, 0) is 0 Å². The quantitative estimate of drug-likeness (QED) is 0.837. The number of aromatic hydroxyl groups is 1. The minimum absolute atomic E-state index is 0.0173. The molecule has 1 heterocycles. The Morgan fingerprint density at radius 2 is 2.25 bits per heavy atom. The number of phenolic OH excluding ortho intramolecular Hbond substituents is 1. The van der Waals surface area contributed by atoms with Crippen molar-refractivity contribution in [1.82, 2.24) is 5.32 Å². The monoisotopic (exact) mass is 241 g/mol. The lowest BCUT2D eigenvalue weighted by molar-refractivity contribution is 0.369. The summed E-state index contributed by atoms with van der Waals surface area (Å²) in [6.07, 6.45) is 3.54. The first-order valence-electron chi connectivity index (χ1n) is 5.52. The molecule has 1 aliphatic heterocycles. The number of rotatable bonds is 2. The molecule has 3 nitrogen and oxygen atoms in total. The Kier molecular flexibility index (Phi) is 3.56. The van der Waals surface area contributed by atoms with E-state index in [0.29, 0.717) is 16.8 Å². The van der Waals surface area contributed by atoms with Gasteiger partial charge in [-0.05, 0) is 37.1 Å². The van der Waals surface area contributed by atoms with Gasteiger partial charge in [0.05, 0.1) is 12.1 Å². The number of ether oxygens (including phenoxy) is 1. The van der Waals surface area contributed by atoms with E-state index >= 15 is 0 Å². The van der Waals surface area contributed by atoms with Crippen LogP contribution >= 0.6 is 11.6 Å². The molecule has 0 aromatic heterocycles. The summed E-state index contributed by atoms with van der Waals surface area (Å²) < 4.78 is 5.10. The zero-order chi connectivity index (χ0) is 11.5. The van der Waals surface area contributed by atoms with Crippen LogP contribution in [0.5, 0.6) is 11.5 Å². The Balaban J connectivity index is 2.29. The summed E-state index contributed by atoms with van der Waals surface area (Å²) >= 11 is 5.96. The van der Waals surface area contributed by atoms with Crippen molar-refractivity contribution in [2.45, 2.75) is 25.3 Å². The van der Waals surface area contributed by atoms with E-state index in [9.17, 15) is 5.11 Å². The van der Waals surface area contributed by atoms with E-state index in [1.54, 1.807) is 0 Å². The van der Waals surface area contributed by atoms with E-state index in [4.69, 9.17) is 16.3 Å². The highest BCUT2D eigenvalue weighted by Gasteiger charge is 2.18. The minimum Gasteiger partial charge on any atom is -0.503 e. The van der Waals surface area contributed by atoms with E-state index < -0.39 is 0 Å². The highest BCUT2D eigenvalue weighted by atomic mass is 35.5. The molecular formula is C12H16ClNO2. The predicted octanol–water partition coefficient (Wildman–Crippen LogP) is 2.87. The smallest absolute Gasteiger partial charge is 0.176 e. The molecule has 88 valence electrons. The Hall–Kier alpha value is -0.930. The largest absolute Gasteiger partial charge is 0.503 e. The van der Waals surface area contributed by atoms with Crippen LogP contribution in [0.1, 0.15) is 30.9 Å². The molecule has 1 unspecified atom stereocenters. The molecular weight excluding hydrogens is 226 g/mol. The van der Waals surface area contributed by atoms with Crippen molar-refractivity contribution in [2.24, 2.45) is 0 Å². The highest BCUT2D eigenvalue weighted by Crippen LogP contribution is 2.37. The molecule has 0 amide bonds. The Bertz CT molecular complexity index is 376. The van der Waals surface area contributed by atoms with Crippen molar-refractivity contribution in [3.63, 3.8) is 0 Å². The van der Waals surface area contributed by atoms with Gasteiger partial charge in [0.1, 0.15) is 0 Å². The van der Waals surface area contributed by atoms with Crippen LogP contribution in [-0.4, -0.2) is 18.8 Å². The second kappa shape index (κ2) is 4.93. The third kappa shape index (κ3) is 2.25. The highest BCUT2D eigenvalue weighted by molar-refractivity contribution is 6.32. The van der Waals surface area contributed by atoms with Gasteiger partial charge in [0.2, 0.25) is 0 Å². The normalized spacial score (nSPS) is 20.8. The van der Waals surface area contributed by atoms with Crippen LogP contribution in [0, 0.1) is 0 Å². The summed E-state index contributed by atoms with van der Waals surface area (Å²) in [4.78, 5) is 0. The second-order valence-corrected chi connectivity index (χ2v) is 4.46. The molecule has 16 heavy (non-hydrogen) atoms. The summed E-state index contributed by atoms with van der Waals surface area (Å²) in [6.45, 7) is 1.03. The number of hydrogen-bond acceptors (Lipinski definition) is 3. The van der Waals surface area contributed by atoms with Crippen molar-refractivity contribution < 1.29 is 9.84 Å². The number of piperidine rings is 1. The Morgan fingerprint density at radius 3 is 2.88 bits per heavy atom. The van der Waals surface area contributed by atoms with Crippen LogP contribution < -0.4 is 10.1 Å². The molecule has 1 aromatic carbocycles. The van der Waals surface area contributed by atoms with Gasteiger partial charge >= 0.3 is 0 Å². The number of nitrogens with one attached hydrogen (secondary N) is 1. The standard InChI is InChI=1S/C12H16ClNO2/c1-16-11-7-8(6-9(13)12(11)15)10-4-2-3-5-14-10/h6-7,10,14-15H,2-5H2,1H3. The fraction of sp³-hybridized carbons (Fsp3) is 0.500. The van der Waals surface area contributed by atoms with Gasteiger partial charge in [-0.3, -0.25) is 0 Å². The average molecular weight is 242 g/mol. The number of benzene rings is 1. The van der Waals surface area contributed by atoms with Gasteiger partial charge in [-0.25, -0.2) is 0 Å². The number of halogens is 1. The maximum atomic E-state index is 9.64. The first kappa shape index (κ1) is 11.6. The van der Waals surface area contributed by atoms with E-state index in [2.05, 4.69) is 5.32 Å². The molecule has 1 aromatic rings. The fourth-order valence-corrected chi connectivity index (χ4v) is 2.31. The molecule has 0 radical (unpaired) electrons. The third-order valence-electron chi connectivity index (χ3n) is 2.98. The van der Waals surface area contributed by atoms with Gasteiger partial charge in [0.25, 0.3) is 0 Å². The second-order valence-electron chi connectivity index (χ2n) is 4.06. The number of hydrogen-bond donors (Lipinski definition) is 2. The van der Waals surface area contributed by atoms with Crippen LogP contribution in [0.3, 0.4) is 0 Å². The fourth-order valence-electron chi connectivity index (χ4n) is 2.09. The molecule has 2 N–H and O–H groups in total. The maximum Gasteiger partial charge on any atom is 0.176 e. The van der Waals surface area contributed by atoms with Gasteiger partial charge in [0.15, 0.2) is 11.5 Å². The van der Waals surface area contributed by atoms with Crippen molar-refractivity contribution in [3.05, 3.63) is 22.7 Å². The lowest BCUT2D eigenvalue weighted by atomic mass is 9.97. The molecule has 1 atom stereocenters. The van der Waals surface area contributed by atoms with Crippen molar-refractivity contribution >= 4 is 11.6 Å². The molecule has 1 aliphatic rings. The molecule has 2 rings (SSSR count). The molecule has 0 aliphatic carbocycles. The third-order valence-corrected chi connectivity index (χ3v) is 3.27. The molecule has 0 spiro atoms. The topological polar surface area (TPSA) is 41.5 Å². The predicted molar refractivity (Wildman–Crippen MR) is 64.3 cm³/mol. The number of phenols is 1. The van der Waals surface area contributed by atoms with E-state index in [1.807, 2.05) is 12.1 Å². The first-order chi connectivity index (χ1) is 7.72. The first-order valence-corrected chi connectivity index (χ1v) is 5.90. The summed E-state index contributed by atoms with van der Waals surface area (Å²) in [5.74, 6) is 0.457. The summed E-state index contributed by atoms with van der Waals surface area (Å²) in [6, 6.07) is 3.98. The Morgan fingerprint density at radius 1 is 1.44 bits per heavy atom. The van der Waals surface area contributed by atoms with Crippen LogP contribution in [0.4, 0.5) is 0 Å². The molecule has 1 saturated heterocycles. The maximum absolute atomic E-state index is 9.64. The number of methoxy groups -OCH3 is 1. The van der Waals surface area contributed by atoms with Gasteiger partial charge in [-0.2, -0.15) is 0 Å². The Labute approximate surface area is 100 Å². The SMILES string of the molecule is COc1cc(C2CCCCN2)cc(Cl)c1O. The van der Waals surface area contributed by atoms with Gasteiger partial charge in [0, 0.05) is 6.04 Å². The van der Waals surface area contributed by atoms with E-state index in [0.717, 1.165) is 18.5 Å². The lowest BCUT2D eigenvalue weighted by Crippen LogP contribution is -2.26. The summed E-state index contributed by atoms with van der Waals surface area (Å²) in [5.41, 5.74) is 1.08. The van der Waals surface area contributed by atoms with Crippen molar-refractivity contribution in [2.75, 3.05) is 13.7 Å². The van der Waals surface area contributed by atoms with Crippen LogP contribution in [0.15, 0.2) is 12.1 Å². The molecule has 1 fully saturated rings. The summed E-state index contributed by atoms with van der Waals surface area (Å²) in [7, 11) is 1.53. The van der Waals surface area contributed by atoms with Crippen LogP contribution in [0.25, 0.3) is 0 Å². The average Bonchev–Trinajstić information content (AvgIpc) is 2.33. The van der Waals surface area contributed by atoms with Gasteiger partial charge in [-0.1, -0.05) is 18.0 Å². The van der Waals surface area contributed by atoms with Crippen molar-refractivity contribution in [1.29, 1.82) is 0 Å². The van der Waals surface area contributed by atoms with E-state index in [1.165, 1.54) is 20.0 Å². The van der Waals surface area contributed by atoms with Gasteiger partial charge < -0.3 is 15.2 Å². The van der Waals surface area contributed by atoms with Gasteiger partial charge in [-0.15, -0.1) is 0 Å². The summed E-state index contributed by atoms with van der Waals surface area (Å²) in [5, 5.41) is 13.4. The molecule has 0 bridgehead atoms. The van der Waals surface area contributed by atoms with Crippen molar-refractivity contribution in [3.8, 4) is 11.5 Å². The molecule has 0 saturated carbocycles.